The molecule has 0 spiro atoms. The highest BCUT2D eigenvalue weighted by Crippen LogP contribution is 2.34. The van der Waals surface area contributed by atoms with E-state index >= 15 is 0 Å². The van der Waals surface area contributed by atoms with Crippen molar-refractivity contribution in [3.63, 3.8) is 0 Å². The van der Waals surface area contributed by atoms with Gasteiger partial charge in [0.25, 0.3) is 5.91 Å². The summed E-state index contributed by atoms with van der Waals surface area (Å²) in [5.74, 6) is 0.590. The molecule has 1 heterocycles. The molecule has 0 bridgehead atoms. The number of nitrogens with zero attached hydrogens (tertiary/aromatic N) is 1. The number of rotatable bonds is 7. The van der Waals surface area contributed by atoms with Gasteiger partial charge in [-0.3, -0.25) is 9.59 Å². The maximum atomic E-state index is 13.1. The van der Waals surface area contributed by atoms with Gasteiger partial charge in [0, 0.05) is 17.8 Å². The van der Waals surface area contributed by atoms with E-state index in [4.69, 9.17) is 4.74 Å². The number of hydrogen-bond acceptors (Lipinski definition) is 3. The summed E-state index contributed by atoms with van der Waals surface area (Å²) >= 11 is 0. The number of carbonyl (C=O) groups excluding carboxylic acids is 2. The molecule has 4 rings (SSSR count). The summed E-state index contributed by atoms with van der Waals surface area (Å²) in [5.41, 5.74) is 4.50. The van der Waals surface area contributed by atoms with Gasteiger partial charge in [0.05, 0.1) is 19.1 Å². The van der Waals surface area contributed by atoms with Crippen LogP contribution in [0.3, 0.4) is 0 Å². The first-order valence-electron chi connectivity index (χ1n) is 10.5. The smallest absolute Gasteiger partial charge is 0.255 e. The summed E-state index contributed by atoms with van der Waals surface area (Å²) < 4.78 is 5.45. The number of ether oxygens (including phenoxy) is 1. The number of benzene rings is 3. The summed E-state index contributed by atoms with van der Waals surface area (Å²) in [5, 5.41) is 2.95. The average Bonchev–Trinajstić information content (AvgIpc) is 3.11. The van der Waals surface area contributed by atoms with Crippen LogP contribution >= 0.6 is 0 Å². The second-order valence-corrected chi connectivity index (χ2v) is 7.73. The largest absolute Gasteiger partial charge is 0.494 e. The fraction of sp³-hybridized carbons (Fsp3) is 0.231. The van der Waals surface area contributed by atoms with Crippen molar-refractivity contribution >= 4 is 17.5 Å². The molecular weight excluding hydrogens is 388 g/mol. The summed E-state index contributed by atoms with van der Waals surface area (Å²) in [6.07, 6.45) is 0.177. The van der Waals surface area contributed by atoms with Crippen LogP contribution in [0, 0.1) is 6.92 Å². The quantitative estimate of drug-likeness (QED) is 0.584. The number of amides is 2. The van der Waals surface area contributed by atoms with Gasteiger partial charge in [0.1, 0.15) is 5.75 Å². The van der Waals surface area contributed by atoms with Gasteiger partial charge in [-0.1, -0.05) is 48.0 Å². The lowest BCUT2D eigenvalue weighted by molar-refractivity contribution is -0.117. The zero-order chi connectivity index (χ0) is 21.8. The summed E-state index contributed by atoms with van der Waals surface area (Å²) in [6, 6.07) is 22.6. The van der Waals surface area contributed by atoms with Crippen LogP contribution < -0.4 is 10.1 Å². The van der Waals surface area contributed by atoms with Gasteiger partial charge in [-0.15, -0.1) is 0 Å². The normalized spacial score (nSPS) is 13.6. The Balaban J connectivity index is 1.54. The highest BCUT2D eigenvalue weighted by Gasteiger charge is 2.34. The van der Waals surface area contributed by atoms with Crippen molar-refractivity contribution in [1.82, 2.24) is 4.90 Å². The SMILES string of the molecule is CCOc1ccc(NC(=O)CC(c2ccc(C)cc2)N2Cc3ccccc3C2=O)cc1. The van der Waals surface area contributed by atoms with Crippen LogP contribution in [0.1, 0.15) is 46.4 Å². The predicted octanol–water partition coefficient (Wildman–Crippen LogP) is 5.12. The first-order valence-corrected chi connectivity index (χ1v) is 10.5. The lowest BCUT2D eigenvalue weighted by Crippen LogP contribution is -2.32. The average molecular weight is 415 g/mol. The lowest BCUT2D eigenvalue weighted by Gasteiger charge is -2.28. The molecule has 1 aliphatic heterocycles. The first-order chi connectivity index (χ1) is 15.0. The third kappa shape index (κ3) is 4.61. The Labute approximate surface area is 182 Å². The number of carbonyl (C=O) groups is 2. The maximum Gasteiger partial charge on any atom is 0.255 e. The van der Waals surface area contributed by atoms with Crippen LogP contribution in [0.5, 0.6) is 5.75 Å². The number of hydrogen-bond donors (Lipinski definition) is 1. The number of nitrogens with one attached hydrogen (secondary N) is 1. The molecule has 3 aromatic carbocycles. The minimum Gasteiger partial charge on any atom is -0.494 e. The van der Waals surface area contributed by atoms with E-state index in [2.05, 4.69) is 5.32 Å². The van der Waals surface area contributed by atoms with Gasteiger partial charge >= 0.3 is 0 Å². The minimum atomic E-state index is -0.344. The van der Waals surface area contributed by atoms with E-state index in [0.29, 0.717) is 24.4 Å². The Bertz CT molecular complexity index is 1070. The predicted molar refractivity (Wildman–Crippen MR) is 121 cm³/mol. The molecule has 0 saturated heterocycles. The van der Waals surface area contributed by atoms with E-state index < -0.39 is 0 Å². The van der Waals surface area contributed by atoms with Crippen LogP contribution in [-0.4, -0.2) is 23.3 Å². The highest BCUT2D eigenvalue weighted by atomic mass is 16.5. The molecule has 158 valence electrons. The van der Waals surface area contributed by atoms with Gasteiger partial charge in [-0.25, -0.2) is 0 Å². The van der Waals surface area contributed by atoms with Gasteiger partial charge in [0.15, 0.2) is 0 Å². The molecule has 1 aliphatic rings. The third-order valence-corrected chi connectivity index (χ3v) is 5.52. The molecule has 1 N–H and O–H groups in total. The van der Waals surface area contributed by atoms with E-state index in [-0.39, 0.29) is 24.3 Å². The third-order valence-electron chi connectivity index (χ3n) is 5.52. The Morgan fingerprint density at radius 2 is 1.74 bits per heavy atom. The molecule has 31 heavy (non-hydrogen) atoms. The van der Waals surface area contributed by atoms with Gasteiger partial charge < -0.3 is 15.0 Å². The van der Waals surface area contributed by atoms with Crippen LogP contribution in [-0.2, 0) is 11.3 Å². The van der Waals surface area contributed by atoms with Crippen LogP contribution in [0.2, 0.25) is 0 Å². The monoisotopic (exact) mass is 414 g/mol. The van der Waals surface area contributed by atoms with Crippen LogP contribution in [0.4, 0.5) is 5.69 Å². The molecule has 0 aliphatic carbocycles. The zero-order valence-corrected chi connectivity index (χ0v) is 17.8. The number of aryl methyl sites for hydroxylation is 1. The van der Waals surface area contributed by atoms with Crippen molar-refractivity contribution in [2.75, 3.05) is 11.9 Å². The Hall–Kier alpha value is -3.60. The summed E-state index contributed by atoms with van der Waals surface area (Å²) in [4.78, 5) is 27.8. The fourth-order valence-corrected chi connectivity index (χ4v) is 3.91. The molecular formula is C26H26N2O3. The molecule has 5 heteroatoms. The van der Waals surface area contributed by atoms with Gasteiger partial charge in [0.2, 0.25) is 5.91 Å². The molecule has 2 amide bonds. The molecule has 1 unspecified atom stereocenters. The summed E-state index contributed by atoms with van der Waals surface area (Å²) in [6.45, 7) is 5.05. The van der Waals surface area contributed by atoms with E-state index in [0.717, 1.165) is 22.4 Å². The van der Waals surface area contributed by atoms with Crippen molar-refractivity contribution in [1.29, 1.82) is 0 Å². The molecule has 0 aromatic heterocycles. The standard InChI is InChI=1S/C26H26N2O3/c1-3-31-22-14-12-21(13-15-22)27-25(29)16-24(19-10-8-18(2)9-11-19)28-17-20-6-4-5-7-23(20)26(28)30/h4-15,24H,3,16-17H2,1-2H3,(H,27,29). The van der Waals surface area contributed by atoms with Crippen molar-refractivity contribution in [2.24, 2.45) is 0 Å². The number of anilines is 1. The fourth-order valence-electron chi connectivity index (χ4n) is 3.91. The highest BCUT2D eigenvalue weighted by molar-refractivity contribution is 5.99. The van der Waals surface area contributed by atoms with Gasteiger partial charge in [-0.05, 0) is 55.3 Å². The Morgan fingerprint density at radius 1 is 1.03 bits per heavy atom. The van der Waals surface area contributed by atoms with Gasteiger partial charge in [-0.2, -0.15) is 0 Å². The maximum absolute atomic E-state index is 13.1. The van der Waals surface area contributed by atoms with E-state index in [9.17, 15) is 9.59 Å². The van der Waals surface area contributed by atoms with Crippen molar-refractivity contribution in [2.45, 2.75) is 32.9 Å². The van der Waals surface area contributed by atoms with E-state index in [1.54, 1.807) is 4.90 Å². The molecule has 0 saturated carbocycles. The first kappa shape index (κ1) is 20.7. The lowest BCUT2D eigenvalue weighted by atomic mass is 10.00. The molecule has 0 fully saturated rings. The molecule has 0 radical (unpaired) electrons. The topological polar surface area (TPSA) is 58.6 Å². The zero-order valence-electron chi connectivity index (χ0n) is 17.8. The number of fused-ring (bicyclic) bond motifs is 1. The van der Waals surface area contributed by atoms with Crippen molar-refractivity contribution < 1.29 is 14.3 Å². The van der Waals surface area contributed by atoms with E-state index in [1.807, 2.05) is 86.6 Å². The Kier molecular flexibility index (Phi) is 6.03. The Morgan fingerprint density at radius 3 is 2.42 bits per heavy atom. The minimum absolute atomic E-state index is 0.0324. The second kappa shape index (κ2) is 9.04. The molecule has 1 atom stereocenters. The molecule has 3 aromatic rings. The molecule has 5 nitrogen and oxygen atoms in total. The van der Waals surface area contributed by atoms with Crippen molar-refractivity contribution in [3.8, 4) is 5.75 Å². The van der Waals surface area contributed by atoms with Crippen LogP contribution in [0.25, 0.3) is 0 Å². The second-order valence-electron chi connectivity index (χ2n) is 7.73. The van der Waals surface area contributed by atoms with E-state index in [1.165, 1.54) is 0 Å². The van der Waals surface area contributed by atoms with Crippen molar-refractivity contribution in [3.05, 3.63) is 95.1 Å². The van der Waals surface area contributed by atoms with Crippen LogP contribution in [0.15, 0.2) is 72.8 Å². The summed E-state index contributed by atoms with van der Waals surface area (Å²) in [7, 11) is 0.